The van der Waals surface area contributed by atoms with Gasteiger partial charge >= 0.3 is 0 Å². The van der Waals surface area contributed by atoms with Crippen LogP contribution in [0.15, 0.2) is 5.51 Å². The monoisotopic (exact) mass is 307 g/mol. The lowest BCUT2D eigenvalue weighted by Crippen LogP contribution is -2.23. The number of hydrogen-bond donors (Lipinski definition) is 1. The van der Waals surface area contributed by atoms with E-state index in [1.54, 1.807) is 11.3 Å². The summed E-state index contributed by atoms with van der Waals surface area (Å²) in [4.78, 5) is 22.7. The molecule has 0 saturated heterocycles. The van der Waals surface area contributed by atoms with Crippen molar-refractivity contribution in [2.75, 3.05) is 42.8 Å². The summed E-state index contributed by atoms with van der Waals surface area (Å²) in [5, 5.41) is 3.14. The van der Waals surface area contributed by atoms with Crippen molar-refractivity contribution in [1.82, 2.24) is 19.9 Å². The zero-order chi connectivity index (χ0) is 15.4. The number of thiazole rings is 1. The van der Waals surface area contributed by atoms with Crippen LogP contribution in [-0.2, 0) is 6.54 Å². The van der Waals surface area contributed by atoms with Crippen LogP contribution in [-0.4, -0.2) is 47.6 Å². The number of aromatic nitrogens is 4. The first kappa shape index (κ1) is 15.4. The molecule has 0 saturated carbocycles. The molecule has 0 bridgehead atoms. The summed E-state index contributed by atoms with van der Waals surface area (Å²) in [6.07, 6.45) is 0. The molecule has 2 aromatic rings. The smallest absolute Gasteiger partial charge is 0.232 e. The van der Waals surface area contributed by atoms with Gasteiger partial charge in [0.2, 0.25) is 17.8 Å². The fourth-order valence-electron chi connectivity index (χ4n) is 1.73. The average Bonchev–Trinajstić information content (AvgIpc) is 2.84. The summed E-state index contributed by atoms with van der Waals surface area (Å²) in [6, 6.07) is 0. The minimum Gasteiger partial charge on any atom is -0.354 e. The largest absolute Gasteiger partial charge is 0.354 e. The molecule has 2 rings (SSSR count). The summed E-state index contributed by atoms with van der Waals surface area (Å²) in [6.45, 7) is 5.54. The van der Waals surface area contributed by atoms with Crippen molar-refractivity contribution >= 4 is 29.2 Å². The van der Waals surface area contributed by atoms with E-state index >= 15 is 0 Å². The van der Waals surface area contributed by atoms with Crippen LogP contribution in [0, 0.1) is 6.92 Å². The Morgan fingerprint density at radius 2 is 1.86 bits per heavy atom. The Morgan fingerprint density at radius 1 is 1.14 bits per heavy atom. The minimum atomic E-state index is 0.596. The molecule has 0 amide bonds. The van der Waals surface area contributed by atoms with E-state index in [1.165, 1.54) is 4.88 Å². The molecule has 0 spiro atoms. The van der Waals surface area contributed by atoms with Crippen molar-refractivity contribution < 1.29 is 0 Å². The standard InChI is InChI=1S/C13H21N7S/c1-6-14-11-16-12(19(3)4)18-13(17-11)20(5)7-10-9(2)15-8-21-10/h8H,6-7H2,1-5H3,(H,14,16,17,18). The second-order valence-electron chi connectivity index (χ2n) is 4.90. The van der Waals surface area contributed by atoms with Crippen LogP contribution in [0.25, 0.3) is 0 Å². The molecule has 1 N–H and O–H groups in total. The molecule has 0 aromatic carbocycles. The third-order valence-electron chi connectivity index (χ3n) is 2.91. The fraction of sp³-hybridized carbons (Fsp3) is 0.538. The van der Waals surface area contributed by atoms with Gasteiger partial charge in [-0.05, 0) is 13.8 Å². The van der Waals surface area contributed by atoms with E-state index in [0.29, 0.717) is 17.8 Å². The lowest BCUT2D eigenvalue weighted by Gasteiger charge is -2.19. The van der Waals surface area contributed by atoms with Gasteiger partial charge in [0.05, 0.1) is 17.7 Å². The normalized spacial score (nSPS) is 10.5. The lowest BCUT2D eigenvalue weighted by atomic mass is 10.4. The summed E-state index contributed by atoms with van der Waals surface area (Å²) in [5.41, 5.74) is 2.92. The Hall–Kier alpha value is -1.96. The highest BCUT2D eigenvalue weighted by Gasteiger charge is 2.13. The van der Waals surface area contributed by atoms with Crippen molar-refractivity contribution in [3.05, 3.63) is 16.1 Å². The van der Waals surface area contributed by atoms with Gasteiger partial charge < -0.3 is 15.1 Å². The average molecular weight is 307 g/mol. The van der Waals surface area contributed by atoms with Crippen molar-refractivity contribution in [2.45, 2.75) is 20.4 Å². The second-order valence-corrected chi connectivity index (χ2v) is 5.84. The maximum Gasteiger partial charge on any atom is 0.232 e. The van der Waals surface area contributed by atoms with Gasteiger partial charge in [0.25, 0.3) is 0 Å². The van der Waals surface area contributed by atoms with Crippen LogP contribution in [0.1, 0.15) is 17.5 Å². The molecular formula is C13H21N7S. The van der Waals surface area contributed by atoms with Crippen molar-refractivity contribution in [3.8, 4) is 0 Å². The molecule has 0 radical (unpaired) electrons. The first-order valence-corrected chi connectivity index (χ1v) is 7.66. The van der Waals surface area contributed by atoms with Gasteiger partial charge in [-0.2, -0.15) is 15.0 Å². The maximum atomic E-state index is 4.50. The van der Waals surface area contributed by atoms with Crippen molar-refractivity contribution in [1.29, 1.82) is 0 Å². The predicted octanol–water partition coefficient (Wildman–Crippen LogP) is 1.77. The highest BCUT2D eigenvalue weighted by atomic mass is 32.1. The van der Waals surface area contributed by atoms with Crippen LogP contribution in [0.5, 0.6) is 0 Å². The van der Waals surface area contributed by atoms with Gasteiger partial charge in [-0.3, -0.25) is 0 Å². The van der Waals surface area contributed by atoms with Crippen LogP contribution >= 0.6 is 11.3 Å². The third-order valence-corrected chi connectivity index (χ3v) is 3.83. The SMILES string of the molecule is CCNc1nc(N(C)C)nc(N(C)Cc2scnc2C)n1. The number of hydrogen-bond acceptors (Lipinski definition) is 8. The van der Waals surface area contributed by atoms with E-state index in [1.807, 2.05) is 50.3 Å². The maximum absolute atomic E-state index is 4.50. The van der Waals surface area contributed by atoms with Crippen molar-refractivity contribution in [2.24, 2.45) is 0 Å². The van der Waals surface area contributed by atoms with E-state index in [0.717, 1.165) is 18.8 Å². The molecule has 21 heavy (non-hydrogen) atoms. The minimum absolute atomic E-state index is 0.596. The molecule has 0 aliphatic heterocycles. The Balaban J connectivity index is 2.26. The molecule has 8 heteroatoms. The molecule has 0 atom stereocenters. The first-order chi connectivity index (χ1) is 10.0. The van der Waals surface area contributed by atoms with E-state index in [4.69, 9.17) is 0 Å². The highest BCUT2D eigenvalue weighted by Crippen LogP contribution is 2.19. The zero-order valence-corrected chi connectivity index (χ0v) is 13.9. The van der Waals surface area contributed by atoms with Gasteiger partial charge in [-0.25, -0.2) is 4.98 Å². The summed E-state index contributed by atoms with van der Waals surface area (Å²) in [7, 11) is 5.81. The van der Waals surface area contributed by atoms with Crippen LogP contribution in [0.4, 0.5) is 17.8 Å². The van der Waals surface area contributed by atoms with Crippen LogP contribution in [0.3, 0.4) is 0 Å². The van der Waals surface area contributed by atoms with E-state index < -0.39 is 0 Å². The highest BCUT2D eigenvalue weighted by molar-refractivity contribution is 7.09. The van der Waals surface area contributed by atoms with Crippen molar-refractivity contribution in [3.63, 3.8) is 0 Å². The van der Waals surface area contributed by atoms with Gasteiger partial charge in [0.15, 0.2) is 0 Å². The second kappa shape index (κ2) is 6.66. The molecule has 0 aliphatic carbocycles. The molecule has 7 nitrogen and oxygen atoms in total. The summed E-state index contributed by atoms with van der Waals surface area (Å²) >= 11 is 1.65. The molecular weight excluding hydrogens is 286 g/mol. The number of rotatable bonds is 6. The van der Waals surface area contributed by atoms with E-state index in [2.05, 4.69) is 25.3 Å². The Kier molecular flexibility index (Phi) is 4.89. The van der Waals surface area contributed by atoms with Gasteiger partial charge in [0, 0.05) is 32.6 Å². The Labute approximate surface area is 129 Å². The zero-order valence-electron chi connectivity index (χ0n) is 13.1. The summed E-state index contributed by atoms with van der Waals surface area (Å²) < 4.78 is 0. The molecule has 2 heterocycles. The van der Waals surface area contributed by atoms with E-state index in [-0.39, 0.29) is 0 Å². The quantitative estimate of drug-likeness (QED) is 0.872. The number of nitrogens with one attached hydrogen (secondary N) is 1. The number of aryl methyl sites for hydroxylation is 1. The summed E-state index contributed by atoms with van der Waals surface area (Å²) in [5.74, 6) is 1.89. The predicted molar refractivity (Wildman–Crippen MR) is 87.3 cm³/mol. The van der Waals surface area contributed by atoms with E-state index in [9.17, 15) is 0 Å². The van der Waals surface area contributed by atoms with Gasteiger partial charge in [-0.15, -0.1) is 11.3 Å². The van der Waals surface area contributed by atoms with Crippen LogP contribution in [0.2, 0.25) is 0 Å². The third kappa shape index (κ3) is 3.78. The first-order valence-electron chi connectivity index (χ1n) is 6.78. The topological polar surface area (TPSA) is 70.1 Å². The molecule has 0 aliphatic rings. The molecule has 0 fully saturated rings. The van der Waals surface area contributed by atoms with Crippen LogP contribution < -0.4 is 15.1 Å². The molecule has 0 unspecified atom stereocenters. The molecule has 2 aromatic heterocycles. The van der Waals surface area contributed by atoms with Gasteiger partial charge in [-0.1, -0.05) is 0 Å². The molecule has 114 valence electrons. The fourth-order valence-corrected chi connectivity index (χ4v) is 2.56. The number of anilines is 3. The Bertz CT molecular complexity index is 596. The lowest BCUT2D eigenvalue weighted by molar-refractivity contribution is 0.844. The number of nitrogens with zero attached hydrogens (tertiary/aromatic N) is 6. The van der Waals surface area contributed by atoms with Gasteiger partial charge in [0.1, 0.15) is 0 Å². The Morgan fingerprint density at radius 3 is 2.43 bits per heavy atom.